The van der Waals surface area contributed by atoms with Crippen LogP contribution in [0, 0.1) is 6.92 Å². The summed E-state index contributed by atoms with van der Waals surface area (Å²) in [6.45, 7) is 2.14. The van der Waals surface area contributed by atoms with Crippen molar-refractivity contribution in [1.82, 2.24) is 14.9 Å². The molecule has 1 heterocycles. The second kappa shape index (κ2) is 6.04. The predicted octanol–water partition coefficient (Wildman–Crippen LogP) is 2.50. The van der Waals surface area contributed by atoms with Crippen molar-refractivity contribution < 1.29 is 4.79 Å². The molecule has 0 fully saturated rings. The number of H-pyrrole nitrogens is 1. The molecule has 0 atom stereocenters. The molecule has 0 bridgehead atoms. The molecule has 0 spiro atoms. The third-order valence-corrected chi connectivity index (χ3v) is 3.77. The molecule has 1 N–H and O–H groups in total. The highest BCUT2D eigenvalue weighted by Crippen LogP contribution is 2.12. The maximum absolute atomic E-state index is 12.5. The summed E-state index contributed by atoms with van der Waals surface area (Å²) in [6, 6.07) is 14.6. The fourth-order valence-corrected chi connectivity index (χ4v) is 2.52. The molecule has 0 aliphatic carbocycles. The minimum Gasteiger partial charge on any atom is -0.334 e. The first-order valence-electron chi connectivity index (χ1n) is 7.35. The number of nitrogens with zero attached hydrogens (tertiary/aromatic N) is 2. The van der Waals surface area contributed by atoms with Gasteiger partial charge in [-0.15, -0.1) is 0 Å². The van der Waals surface area contributed by atoms with Crippen LogP contribution < -0.4 is 5.56 Å². The number of hydrogen-bond acceptors (Lipinski definition) is 3. The molecule has 0 radical (unpaired) electrons. The van der Waals surface area contributed by atoms with E-state index >= 15 is 0 Å². The van der Waals surface area contributed by atoms with Crippen molar-refractivity contribution in [2.45, 2.75) is 13.5 Å². The Morgan fingerprint density at radius 1 is 1.13 bits per heavy atom. The number of hydrogen-bond donors (Lipinski definition) is 1. The van der Waals surface area contributed by atoms with Gasteiger partial charge in [-0.3, -0.25) is 9.59 Å². The van der Waals surface area contributed by atoms with E-state index in [0.717, 1.165) is 5.56 Å². The summed E-state index contributed by atoms with van der Waals surface area (Å²) < 4.78 is 0. The molecule has 5 nitrogen and oxygen atoms in total. The first-order valence-corrected chi connectivity index (χ1v) is 7.35. The van der Waals surface area contributed by atoms with Crippen LogP contribution in [-0.2, 0) is 6.54 Å². The molecule has 2 aromatic carbocycles. The number of aryl methyl sites for hydroxylation is 1. The third kappa shape index (κ3) is 2.99. The van der Waals surface area contributed by atoms with Gasteiger partial charge < -0.3 is 9.88 Å². The fourth-order valence-electron chi connectivity index (χ4n) is 2.52. The van der Waals surface area contributed by atoms with Gasteiger partial charge >= 0.3 is 0 Å². The van der Waals surface area contributed by atoms with Crippen molar-refractivity contribution in [2.75, 3.05) is 7.05 Å². The van der Waals surface area contributed by atoms with Gasteiger partial charge in [0.05, 0.1) is 17.4 Å². The van der Waals surface area contributed by atoms with E-state index in [-0.39, 0.29) is 18.0 Å². The standard InChI is InChI=1S/C18H17N3O2/c1-12-7-3-4-8-13(12)18(23)21(2)11-16-19-15-10-6-5-9-14(15)17(22)20-16/h3-10H,11H2,1-2H3,(H,19,20,22). The van der Waals surface area contributed by atoms with E-state index in [2.05, 4.69) is 9.97 Å². The highest BCUT2D eigenvalue weighted by molar-refractivity contribution is 5.95. The van der Waals surface area contributed by atoms with Gasteiger partial charge in [0.15, 0.2) is 0 Å². The maximum Gasteiger partial charge on any atom is 0.258 e. The zero-order valence-electron chi connectivity index (χ0n) is 13.0. The van der Waals surface area contributed by atoms with E-state index in [1.54, 1.807) is 36.2 Å². The lowest BCUT2D eigenvalue weighted by Crippen LogP contribution is -2.28. The lowest BCUT2D eigenvalue weighted by molar-refractivity contribution is 0.0781. The van der Waals surface area contributed by atoms with Gasteiger partial charge in [0, 0.05) is 12.6 Å². The van der Waals surface area contributed by atoms with Gasteiger partial charge in [-0.25, -0.2) is 4.98 Å². The van der Waals surface area contributed by atoms with E-state index in [1.165, 1.54) is 0 Å². The number of carbonyl (C=O) groups is 1. The molecule has 0 unspecified atom stereocenters. The topological polar surface area (TPSA) is 66.1 Å². The van der Waals surface area contributed by atoms with Gasteiger partial charge in [0.2, 0.25) is 0 Å². The van der Waals surface area contributed by atoms with Crippen LogP contribution in [0.3, 0.4) is 0 Å². The van der Waals surface area contributed by atoms with Crippen molar-refractivity contribution in [3.63, 3.8) is 0 Å². The molecule has 3 rings (SSSR count). The summed E-state index contributed by atoms with van der Waals surface area (Å²) in [6.07, 6.45) is 0. The summed E-state index contributed by atoms with van der Waals surface area (Å²) in [7, 11) is 1.70. The molecular formula is C18H17N3O2. The highest BCUT2D eigenvalue weighted by atomic mass is 16.2. The SMILES string of the molecule is Cc1ccccc1C(=O)N(C)Cc1nc2ccccc2c(=O)[nH]1. The van der Waals surface area contributed by atoms with Gasteiger partial charge in [0.1, 0.15) is 5.82 Å². The minimum atomic E-state index is -0.192. The van der Waals surface area contributed by atoms with Crippen molar-refractivity contribution in [3.05, 3.63) is 75.8 Å². The van der Waals surface area contributed by atoms with Crippen LogP contribution in [0.4, 0.5) is 0 Å². The average molecular weight is 307 g/mol. The summed E-state index contributed by atoms with van der Waals surface area (Å²) in [5, 5.41) is 0.545. The molecule has 0 saturated heterocycles. The van der Waals surface area contributed by atoms with Crippen LogP contribution in [-0.4, -0.2) is 27.8 Å². The van der Waals surface area contributed by atoms with Gasteiger partial charge in [-0.05, 0) is 30.7 Å². The molecule has 0 aliphatic rings. The number of fused-ring (bicyclic) bond motifs is 1. The van der Waals surface area contributed by atoms with E-state index in [1.807, 2.05) is 31.2 Å². The number of rotatable bonds is 3. The zero-order valence-corrected chi connectivity index (χ0v) is 13.0. The number of aromatic amines is 1. The van der Waals surface area contributed by atoms with Gasteiger partial charge in [-0.2, -0.15) is 0 Å². The predicted molar refractivity (Wildman–Crippen MR) is 89.3 cm³/mol. The number of para-hydroxylation sites is 1. The second-order valence-corrected chi connectivity index (χ2v) is 5.51. The number of amides is 1. The molecule has 23 heavy (non-hydrogen) atoms. The second-order valence-electron chi connectivity index (χ2n) is 5.51. The van der Waals surface area contributed by atoms with Crippen molar-refractivity contribution in [2.24, 2.45) is 0 Å². The summed E-state index contributed by atoms with van der Waals surface area (Å²) in [4.78, 5) is 33.3. The number of carbonyl (C=O) groups excluding carboxylic acids is 1. The molecule has 0 aliphatic heterocycles. The Balaban J connectivity index is 1.88. The zero-order chi connectivity index (χ0) is 16.4. The Bertz CT molecular complexity index is 931. The van der Waals surface area contributed by atoms with Crippen LogP contribution in [0.15, 0.2) is 53.3 Å². The van der Waals surface area contributed by atoms with Crippen LogP contribution in [0.25, 0.3) is 10.9 Å². The van der Waals surface area contributed by atoms with Crippen LogP contribution in [0.2, 0.25) is 0 Å². The summed E-state index contributed by atoms with van der Waals surface area (Å²) in [5.41, 5.74) is 2.01. The quantitative estimate of drug-likeness (QED) is 0.808. The van der Waals surface area contributed by atoms with E-state index in [0.29, 0.717) is 22.3 Å². The van der Waals surface area contributed by atoms with E-state index in [4.69, 9.17) is 0 Å². The smallest absolute Gasteiger partial charge is 0.258 e. The van der Waals surface area contributed by atoms with Crippen molar-refractivity contribution in [1.29, 1.82) is 0 Å². The Morgan fingerprint density at radius 3 is 2.61 bits per heavy atom. The van der Waals surface area contributed by atoms with Crippen LogP contribution >= 0.6 is 0 Å². The van der Waals surface area contributed by atoms with Crippen LogP contribution in [0.1, 0.15) is 21.7 Å². The Kier molecular flexibility index (Phi) is 3.93. The first kappa shape index (κ1) is 15.0. The lowest BCUT2D eigenvalue weighted by Gasteiger charge is -2.18. The molecular weight excluding hydrogens is 290 g/mol. The normalized spacial score (nSPS) is 10.7. The lowest BCUT2D eigenvalue weighted by atomic mass is 10.1. The van der Waals surface area contributed by atoms with E-state index in [9.17, 15) is 9.59 Å². The van der Waals surface area contributed by atoms with Crippen molar-refractivity contribution >= 4 is 16.8 Å². The van der Waals surface area contributed by atoms with E-state index < -0.39 is 0 Å². The van der Waals surface area contributed by atoms with Gasteiger partial charge in [-0.1, -0.05) is 30.3 Å². The first-order chi connectivity index (χ1) is 11.1. The fraction of sp³-hybridized carbons (Fsp3) is 0.167. The van der Waals surface area contributed by atoms with Crippen molar-refractivity contribution in [3.8, 4) is 0 Å². The summed E-state index contributed by atoms with van der Waals surface area (Å²) >= 11 is 0. The van der Waals surface area contributed by atoms with Gasteiger partial charge in [0.25, 0.3) is 11.5 Å². The Hall–Kier alpha value is -2.95. The molecule has 116 valence electrons. The highest BCUT2D eigenvalue weighted by Gasteiger charge is 2.15. The molecule has 0 saturated carbocycles. The largest absolute Gasteiger partial charge is 0.334 e. The Labute approximate surface area is 133 Å². The van der Waals surface area contributed by atoms with Crippen LogP contribution in [0.5, 0.6) is 0 Å². The maximum atomic E-state index is 12.5. The number of aromatic nitrogens is 2. The number of benzene rings is 2. The molecule has 3 aromatic rings. The molecule has 1 amide bonds. The number of nitrogens with one attached hydrogen (secondary N) is 1. The Morgan fingerprint density at radius 2 is 1.83 bits per heavy atom. The monoisotopic (exact) mass is 307 g/mol. The molecule has 5 heteroatoms. The average Bonchev–Trinajstić information content (AvgIpc) is 2.54. The third-order valence-electron chi connectivity index (χ3n) is 3.77. The molecule has 1 aromatic heterocycles. The minimum absolute atomic E-state index is 0.0982. The summed E-state index contributed by atoms with van der Waals surface area (Å²) in [5.74, 6) is 0.372.